The Labute approximate surface area is 132 Å². The largest absolute Gasteiger partial charge is 0.488 e. The standard InChI is InChI=1S/C18H22ClNO/c1-2-3-11-20-13-16-12-17(19)9-10-18(16)21-14-15-7-5-4-6-8-15/h4-10,12,20H,2-3,11,13-14H2,1H3/p+1. The molecule has 0 aromatic heterocycles. The van der Waals surface area contributed by atoms with Crippen LogP contribution in [0.3, 0.4) is 0 Å². The highest BCUT2D eigenvalue weighted by molar-refractivity contribution is 6.30. The van der Waals surface area contributed by atoms with Crippen molar-refractivity contribution in [2.75, 3.05) is 6.54 Å². The average molecular weight is 305 g/mol. The molecule has 0 aliphatic carbocycles. The Hall–Kier alpha value is -1.51. The van der Waals surface area contributed by atoms with E-state index in [9.17, 15) is 0 Å². The van der Waals surface area contributed by atoms with Gasteiger partial charge >= 0.3 is 0 Å². The van der Waals surface area contributed by atoms with Crippen molar-refractivity contribution in [3.63, 3.8) is 0 Å². The van der Waals surface area contributed by atoms with E-state index in [0.29, 0.717) is 6.61 Å². The van der Waals surface area contributed by atoms with Gasteiger partial charge in [0.2, 0.25) is 0 Å². The number of benzene rings is 2. The number of hydrogen-bond donors (Lipinski definition) is 1. The zero-order valence-electron chi connectivity index (χ0n) is 12.5. The molecule has 0 radical (unpaired) electrons. The van der Waals surface area contributed by atoms with Crippen molar-refractivity contribution < 1.29 is 10.1 Å². The van der Waals surface area contributed by atoms with Gasteiger partial charge in [0.05, 0.1) is 6.54 Å². The number of quaternary nitrogens is 1. The second kappa shape index (κ2) is 8.71. The molecule has 3 heteroatoms. The molecule has 112 valence electrons. The van der Waals surface area contributed by atoms with Gasteiger partial charge in [-0.3, -0.25) is 0 Å². The van der Waals surface area contributed by atoms with E-state index in [0.717, 1.165) is 29.4 Å². The minimum Gasteiger partial charge on any atom is -0.488 e. The first-order chi connectivity index (χ1) is 10.3. The van der Waals surface area contributed by atoms with Crippen LogP contribution in [0.5, 0.6) is 5.75 Å². The summed E-state index contributed by atoms with van der Waals surface area (Å²) in [4.78, 5) is 0. The number of unbranched alkanes of at least 4 members (excludes halogenated alkanes) is 1. The molecule has 0 fully saturated rings. The van der Waals surface area contributed by atoms with Crippen LogP contribution in [0, 0.1) is 0 Å². The van der Waals surface area contributed by atoms with Crippen LogP contribution in [0.1, 0.15) is 30.9 Å². The van der Waals surface area contributed by atoms with Crippen LogP contribution in [0.25, 0.3) is 0 Å². The van der Waals surface area contributed by atoms with E-state index in [2.05, 4.69) is 24.4 Å². The molecule has 0 atom stereocenters. The van der Waals surface area contributed by atoms with Gasteiger partial charge in [0.15, 0.2) is 0 Å². The van der Waals surface area contributed by atoms with E-state index < -0.39 is 0 Å². The molecule has 2 N–H and O–H groups in total. The van der Waals surface area contributed by atoms with Gasteiger partial charge in [-0.15, -0.1) is 0 Å². The second-order valence-electron chi connectivity index (χ2n) is 5.16. The summed E-state index contributed by atoms with van der Waals surface area (Å²) < 4.78 is 5.96. The molecule has 0 spiro atoms. The van der Waals surface area contributed by atoms with Gasteiger partial charge in [0.25, 0.3) is 0 Å². The number of hydrogen-bond acceptors (Lipinski definition) is 1. The first kappa shape index (κ1) is 15.9. The smallest absolute Gasteiger partial charge is 0.128 e. The third kappa shape index (κ3) is 5.41. The lowest BCUT2D eigenvalue weighted by molar-refractivity contribution is -0.670. The summed E-state index contributed by atoms with van der Waals surface area (Å²) in [5.74, 6) is 0.927. The highest BCUT2D eigenvalue weighted by atomic mass is 35.5. The highest BCUT2D eigenvalue weighted by Gasteiger charge is 2.07. The minimum absolute atomic E-state index is 0.588. The summed E-state index contributed by atoms with van der Waals surface area (Å²) in [5, 5.41) is 3.07. The number of nitrogens with two attached hydrogens (primary N) is 1. The summed E-state index contributed by atoms with van der Waals surface area (Å²) in [7, 11) is 0. The topological polar surface area (TPSA) is 25.8 Å². The first-order valence-corrected chi connectivity index (χ1v) is 7.94. The Bertz CT molecular complexity index is 542. The van der Waals surface area contributed by atoms with Crippen LogP contribution < -0.4 is 10.1 Å². The maximum absolute atomic E-state index is 6.10. The van der Waals surface area contributed by atoms with E-state index in [1.54, 1.807) is 0 Å². The lowest BCUT2D eigenvalue weighted by Crippen LogP contribution is -2.82. The van der Waals surface area contributed by atoms with Crippen LogP contribution in [-0.4, -0.2) is 6.54 Å². The quantitative estimate of drug-likeness (QED) is 0.738. The normalized spacial score (nSPS) is 10.6. The zero-order valence-corrected chi connectivity index (χ0v) is 13.3. The summed E-state index contributed by atoms with van der Waals surface area (Å²) in [6.07, 6.45) is 2.46. The predicted octanol–water partition coefficient (Wildman–Crippen LogP) is 3.78. The maximum atomic E-state index is 6.10. The van der Waals surface area contributed by atoms with Crippen molar-refractivity contribution in [3.8, 4) is 5.75 Å². The third-order valence-corrected chi connectivity index (χ3v) is 3.62. The monoisotopic (exact) mass is 304 g/mol. The van der Waals surface area contributed by atoms with Crippen molar-refractivity contribution in [1.29, 1.82) is 0 Å². The molecule has 0 aliphatic rings. The fourth-order valence-electron chi connectivity index (χ4n) is 2.19. The second-order valence-corrected chi connectivity index (χ2v) is 5.60. The van der Waals surface area contributed by atoms with Gasteiger partial charge < -0.3 is 10.1 Å². The maximum Gasteiger partial charge on any atom is 0.128 e. The molecular weight excluding hydrogens is 282 g/mol. The minimum atomic E-state index is 0.588. The van der Waals surface area contributed by atoms with E-state index >= 15 is 0 Å². The Kier molecular flexibility index (Phi) is 6.58. The Balaban J connectivity index is 1.97. The molecular formula is C18H23ClNO+. The lowest BCUT2D eigenvalue weighted by atomic mass is 10.2. The molecule has 2 aromatic carbocycles. The van der Waals surface area contributed by atoms with Crippen LogP contribution in [0.4, 0.5) is 0 Å². The van der Waals surface area contributed by atoms with Crippen molar-refractivity contribution in [3.05, 3.63) is 64.7 Å². The molecule has 2 nitrogen and oxygen atoms in total. The van der Waals surface area contributed by atoms with E-state index in [1.807, 2.05) is 36.4 Å². The van der Waals surface area contributed by atoms with Crippen LogP contribution in [-0.2, 0) is 13.2 Å². The molecule has 2 rings (SSSR count). The van der Waals surface area contributed by atoms with E-state index in [4.69, 9.17) is 16.3 Å². The zero-order chi connectivity index (χ0) is 14.9. The van der Waals surface area contributed by atoms with Gasteiger partial charge in [0, 0.05) is 10.6 Å². The average Bonchev–Trinajstić information content (AvgIpc) is 2.52. The predicted molar refractivity (Wildman–Crippen MR) is 87.6 cm³/mol. The summed E-state index contributed by atoms with van der Waals surface area (Å²) >= 11 is 6.10. The summed E-state index contributed by atoms with van der Waals surface area (Å²) in [6, 6.07) is 16.1. The van der Waals surface area contributed by atoms with Crippen LogP contribution in [0.2, 0.25) is 5.02 Å². The Morgan fingerprint density at radius 1 is 1.10 bits per heavy atom. The fourth-order valence-corrected chi connectivity index (χ4v) is 2.38. The van der Waals surface area contributed by atoms with Crippen LogP contribution >= 0.6 is 11.6 Å². The molecule has 21 heavy (non-hydrogen) atoms. The number of rotatable bonds is 8. The molecule has 0 unspecified atom stereocenters. The van der Waals surface area contributed by atoms with Gasteiger partial charge in [-0.2, -0.15) is 0 Å². The molecule has 0 bridgehead atoms. The molecule has 0 amide bonds. The van der Waals surface area contributed by atoms with Gasteiger partial charge in [-0.1, -0.05) is 55.3 Å². The van der Waals surface area contributed by atoms with Crippen molar-refractivity contribution >= 4 is 11.6 Å². The van der Waals surface area contributed by atoms with E-state index in [1.165, 1.54) is 18.4 Å². The third-order valence-electron chi connectivity index (χ3n) is 3.39. The molecule has 0 heterocycles. The Morgan fingerprint density at radius 3 is 2.67 bits per heavy atom. The summed E-state index contributed by atoms with van der Waals surface area (Å²) in [6.45, 7) is 4.85. The van der Waals surface area contributed by atoms with E-state index in [-0.39, 0.29) is 0 Å². The van der Waals surface area contributed by atoms with Crippen molar-refractivity contribution in [2.24, 2.45) is 0 Å². The molecule has 0 saturated carbocycles. The summed E-state index contributed by atoms with van der Waals surface area (Å²) in [5.41, 5.74) is 2.34. The fraction of sp³-hybridized carbons (Fsp3) is 0.333. The van der Waals surface area contributed by atoms with Crippen molar-refractivity contribution in [2.45, 2.75) is 32.9 Å². The van der Waals surface area contributed by atoms with Crippen molar-refractivity contribution in [1.82, 2.24) is 0 Å². The molecule has 0 saturated heterocycles. The molecule has 0 aliphatic heterocycles. The lowest BCUT2D eigenvalue weighted by Gasteiger charge is -2.11. The van der Waals surface area contributed by atoms with Gasteiger partial charge in [0.1, 0.15) is 18.9 Å². The van der Waals surface area contributed by atoms with Gasteiger partial charge in [-0.05, 0) is 30.2 Å². The highest BCUT2D eigenvalue weighted by Crippen LogP contribution is 2.23. The van der Waals surface area contributed by atoms with Gasteiger partial charge in [-0.25, -0.2) is 0 Å². The number of halogens is 1. The molecule has 2 aromatic rings. The van der Waals surface area contributed by atoms with Crippen LogP contribution in [0.15, 0.2) is 48.5 Å². The number of ether oxygens (including phenoxy) is 1. The Morgan fingerprint density at radius 2 is 1.90 bits per heavy atom. The first-order valence-electron chi connectivity index (χ1n) is 7.56. The SMILES string of the molecule is CCCC[NH2+]Cc1cc(Cl)ccc1OCc1ccccc1.